The van der Waals surface area contributed by atoms with Crippen molar-refractivity contribution >= 4 is 12.0 Å². The lowest BCUT2D eigenvalue weighted by atomic mass is 10.3. The van der Waals surface area contributed by atoms with Gasteiger partial charge >= 0.3 is 12.0 Å². The third kappa shape index (κ3) is 6.69. The number of carboxylic acids is 1. The van der Waals surface area contributed by atoms with Crippen LogP contribution in [0.3, 0.4) is 0 Å². The van der Waals surface area contributed by atoms with Crippen LogP contribution in [0.15, 0.2) is 0 Å². The summed E-state index contributed by atoms with van der Waals surface area (Å²) < 4.78 is 4.87. The molecule has 0 bridgehead atoms. The number of hydrogen-bond acceptors (Lipinski definition) is 5. The Bertz CT molecular complexity index is 308. The maximum atomic E-state index is 11.9. The van der Waals surface area contributed by atoms with Crippen LogP contribution in [0.2, 0.25) is 0 Å². The van der Waals surface area contributed by atoms with Crippen molar-refractivity contribution in [1.29, 1.82) is 0 Å². The molecule has 3 N–H and O–H groups in total. The van der Waals surface area contributed by atoms with E-state index in [2.05, 4.69) is 15.5 Å². The van der Waals surface area contributed by atoms with Gasteiger partial charge in [0.05, 0.1) is 6.61 Å². The normalized spacial score (nSPS) is 15.8. The van der Waals surface area contributed by atoms with E-state index in [0.29, 0.717) is 13.2 Å². The number of carbonyl (C=O) groups excluding carboxylic acids is 1. The first kappa shape index (κ1) is 16.7. The molecule has 20 heavy (non-hydrogen) atoms. The summed E-state index contributed by atoms with van der Waals surface area (Å²) in [5.41, 5.74) is 0. The van der Waals surface area contributed by atoms with Gasteiger partial charge in [0.1, 0.15) is 6.54 Å². The van der Waals surface area contributed by atoms with Crippen molar-refractivity contribution in [1.82, 2.24) is 20.4 Å². The highest BCUT2D eigenvalue weighted by Gasteiger charge is 2.16. The average Bonchev–Trinajstić information content (AvgIpc) is 2.44. The van der Waals surface area contributed by atoms with Crippen LogP contribution < -0.4 is 10.6 Å². The number of carboxylic acid groups (broad SMARTS) is 1. The molecule has 1 fully saturated rings. The van der Waals surface area contributed by atoms with E-state index in [1.165, 1.54) is 12.0 Å². The summed E-state index contributed by atoms with van der Waals surface area (Å²) in [5.74, 6) is -1.03. The van der Waals surface area contributed by atoms with Crippen LogP contribution in [-0.4, -0.2) is 93.0 Å². The van der Waals surface area contributed by atoms with Gasteiger partial charge in [-0.25, -0.2) is 4.79 Å². The lowest BCUT2D eigenvalue weighted by molar-refractivity contribution is -0.137. The molecule has 8 heteroatoms. The van der Waals surface area contributed by atoms with Gasteiger partial charge < -0.3 is 25.4 Å². The largest absolute Gasteiger partial charge is 0.480 e. The topological polar surface area (TPSA) is 94.1 Å². The van der Waals surface area contributed by atoms with Gasteiger partial charge in [0.2, 0.25) is 0 Å². The molecule has 1 rings (SSSR count). The molecule has 0 aliphatic carbocycles. The molecule has 0 spiro atoms. The number of urea groups is 1. The lowest BCUT2D eigenvalue weighted by Crippen LogP contribution is -2.49. The van der Waals surface area contributed by atoms with E-state index in [4.69, 9.17) is 9.84 Å². The Morgan fingerprint density at radius 3 is 2.70 bits per heavy atom. The quantitative estimate of drug-likeness (QED) is 0.510. The van der Waals surface area contributed by atoms with Crippen molar-refractivity contribution in [2.24, 2.45) is 0 Å². The number of piperazine rings is 1. The molecule has 1 aliphatic heterocycles. The van der Waals surface area contributed by atoms with Crippen LogP contribution in [0.1, 0.15) is 0 Å². The fraction of sp³-hybridized carbons (Fsp3) is 0.833. The third-order valence-electron chi connectivity index (χ3n) is 3.09. The van der Waals surface area contributed by atoms with E-state index < -0.39 is 5.97 Å². The summed E-state index contributed by atoms with van der Waals surface area (Å²) >= 11 is 0. The van der Waals surface area contributed by atoms with Gasteiger partial charge in [-0.15, -0.1) is 0 Å². The minimum Gasteiger partial charge on any atom is -0.480 e. The molecule has 1 aliphatic rings. The zero-order chi connectivity index (χ0) is 14.8. The second kappa shape index (κ2) is 9.51. The molecule has 8 nitrogen and oxygen atoms in total. The summed E-state index contributed by atoms with van der Waals surface area (Å²) in [5, 5.41) is 14.8. The number of amides is 2. The van der Waals surface area contributed by atoms with E-state index in [1.807, 2.05) is 0 Å². The lowest BCUT2D eigenvalue weighted by Gasteiger charge is -2.27. The smallest absolute Gasteiger partial charge is 0.323 e. The van der Waals surface area contributed by atoms with Gasteiger partial charge in [0.25, 0.3) is 0 Å². The maximum absolute atomic E-state index is 11.9. The first-order chi connectivity index (χ1) is 9.63. The van der Waals surface area contributed by atoms with E-state index in [9.17, 15) is 9.59 Å². The Hall–Kier alpha value is -1.38. The van der Waals surface area contributed by atoms with E-state index in [-0.39, 0.29) is 19.1 Å². The number of nitrogens with one attached hydrogen (secondary N) is 2. The predicted molar refractivity (Wildman–Crippen MR) is 73.8 cm³/mol. The minimum absolute atomic E-state index is 0.266. The Morgan fingerprint density at radius 1 is 1.40 bits per heavy atom. The summed E-state index contributed by atoms with van der Waals surface area (Å²) in [6.45, 7) is 5.43. The van der Waals surface area contributed by atoms with Crippen molar-refractivity contribution in [2.75, 3.05) is 66.1 Å². The Balaban J connectivity index is 2.26. The van der Waals surface area contributed by atoms with Gasteiger partial charge in [0.15, 0.2) is 0 Å². The average molecular weight is 288 g/mol. The monoisotopic (exact) mass is 288 g/mol. The number of carbonyl (C=O) groups is 2. The highest BCUT2D eigenvalue weighted by molar-refractivity contribution is 5.80. The second-order valence-corrected chi connectivity index (χ2v) is 4.63. The Labute approximate surface area is 119 Å². The Morgan fingerprint density at radius 2 is 2.10 bits per heavy atom. The predicted octanol–water partition coefficient (Wildman–Crippen LogP) is -1.37. The van der Waals surface area contributed by atoms with Crippen molar-refractivity contribution in [3.63, 3.8) is 0 Å². The zero-order valence-electron chi connectivity index (χ0n) is 11.9. The van der Waals surface area contributed by atoms with Gasteiger partial charge in [-0.1, -0.05) is 0 Å². The van der Waals surface area contributed by atoms with Crippen LogP contribution in [0.5, 0.6) is 0 Å². The molecule has 1 heterocycles. The van der Waals surface area contributed by atoms with Gasteiger partial charge in [-0.05, 0) is 0 Å². The zero-order valence-corrected chi connectivity index (χ0v) is 11.9. The summed E-state index contributed by atoms with van der Waals surface area (Å²) in [6, 6.07) is -0.361. The van der Waals surface area contributed by atoms with Crippen molar-refractivity contribution in [3.05, 3.63) is 0 Å². The van der Waals surface area contributed by atoms with Gasteiger partial charge in [-0.2, -0.15) is 0 Å². The molecular formula is C12H24N4O4. The minimum atomic E-state index is -1.03. The standard InChI is InChI=1S/C12H24N4O4/c1-20-9-8-16(10-11(17)18)12(19)14-4-7-15-5-2-13-3-6-15/h13H,2-10H2,1H3,(H,14,19)(H,17,18). The highest BCUT2D eigenvalue weighted by atomic mass is 16.5. The number of hydrogen-bond donors (Lipinski definition) is 3. The summed E-state index contributed by atoms with van der Waals surface area (Å²) in [7, 11) is 1.52. The molecule has 2 amide bonds. The number of rotatable bonds is 8. The number of ether oxygens (including phenoxy) is 1. The molecule has 0 atom stereocenters. The van der Waals surface area contributed by atoms with Crippen LogP contribution >= 0.6 is 0 Å². The number of methoxy groups -OCH3 is 1. The van der Waals surface area contributed by atoms with Gasteiger partial charge in [0, 0.05) is 52.9 Å². The molecule has 0 radical (unpaired) electrons. The first-order valence-electron chi connectivity index (χ1n) is 6.80. The fourth-order valence-corrected chi connectivity index (χ4v) is 1.98. The van der Waals surface area contributed by atoms with E-state index >= 15 is 0 Å². The van der Waals surface area contributed by atoms with Crippen molar-refractivity contribution in [2.45, 2.75) is 0 Å². The number of aliphatic carboxylic acids is 1. The molecule has 0 aromatic rings. The second-order valence-electron chi connectivity index (χ2n) is 4.63. The third-order valence-corrected chi connectivity index (χ3v) is 3.09. The molecule has 0 aromatic carbocycles. The fourth-order valence-electron chi connectivity index (χ4n) is 1.98. The summed E-state index contributed by atoms with van der Waals surface area (Å²) in [6.07, 6.45) is 0. The molecule has 1 saturated heterocycles. The van der Waals surface area contributed by atoms with Crippen LogP contribution in [0.4, 0.5) is 4.79 Å². The maximum Gasteiger partial charge on any atom is 0.323 e. The van der Waals surface area contributed by atoms with Crippen molar-refractivity contribution < 1.29 is 19.4 Å². The van der Waals surface area contributed by atoms with Crippen LogP contribution in [0, 0.1) is 0 Å². The van der Waals surface area contributed by atoms with Crippen LogP contribution in [0.25, 0.3) is 0 Å². The molecule has 0 saturated carbocycles. The SMILES string of the molecule is COCCN(CC(=O)O)C(=O)NCCN1CCNCC1. The molecular weight excluding hydrogens is 264 g/mol. The van der Waals surface area contributed by atoms with E-state index in [0.717, 1.165) is 32.7 Å². The molecule has 116 valence electrons. The molecule has 0 unspecified atom stereocenters. The number of nitrogens with zero attached hydrogens (tertiary/aromatic N) is 2. The van der Waals surface area contributed by atoms with Crippen molar-refractivity contribution in [3.8, 4) is 0 Å². The molecule has 0 aromatic heterocycles. The first-order valence-corrected chi connectivity index (χ1v) is 6.80. The van der Waals surface area contributed by atoms with E-state index in [1.54, 1.807) is 0 Å². The Kier molecular flexibility index (Phi) is 7.93. The summed E-state index contributed by atoms with van der Waals surface area (Å²) in [4.78, 5) is 26.1. The highest BCUT2D eigenvalue weighted by Crippen LogP contribution is 1.93. The van der Waals surface area contributed by atoms with Crippen LogP contribution in [-0.2, 0) is 9.53 Å². The van der Waals surface area contributed by atoms with Gasteiger partial charge in [-0.3, -0.25) is 9.69 Å².